The van der Waals surface area contributed by atoms with Gasteiger partial charge in [-0.1, -0.05) is 24.3 Å². The highest BCUT2D eigenvalue weighted by atomic mass is 19.3. The summed E-state index contributed by atoms with van der Waals surface area (Å²) in [6, 6.07) is 14.4. The van der Waals surface area contributed by atoms with Crippen LogP contribution in [0.4, 0.5) is 14.6 Å². The average Bonchev–Trinajstić information content (AvgIpc) is 3.34. The van der Waals surface area contributed by atoms with Crippen LogP contribution in [0.2, 0.25) is 0 Å². The number of anilines is 1. The smallest absolute Gasteiger partial charge is 0.387 e. The molecule has 0 saturated carbocycles. The van der Waals surface area contributed by atoms with Gasteiger partial charge < -0.3 is 19.3 Å². The van der Waals surface area contributed by atoms with Gasteiger partial charge in [-0.15, -0.1) is 0 Å². The van der Waals surface area contributed by atoms with Gasteiger partial charge in [0.2, 0.25) is 0 Å². The van der Waals surface area contributed by atoms with Gasteiger partial charge in [0, 0.05) is 32.1 Å². The van der Waals surface area contributed by atoms with Gasteiger partial charge >= 0.3 is 6.61 Å². The zero-order valence-corrected chi connectivity index (χ0v) is 18.8. The Bertz CT molecular complexity index is 1130. The van der Waals surface area contributed by atoms with Crippen molar-refractivity contribution in [2.75, 3.05) is 31.6 Å². The van der Waals surface area contributed by atoms with Crippen LogP contribution in [0, 0.1) is 0 Å². The number of fused-ring (bicyclic) bond motifs is 1. The lowest BCUT2D eigenvalue weighted by molar-refractivity contribution is -0.0514. The van der Waals surface area contributed by atoms with E-state index >= 15 is 0 Å². The van der Waals surface area contributed by atoms with Crippen LogP contribution in [0.25, 0.3) is 10.9 Å². The normalized spacial score (nSPS) is 13.5. The molecule has 33 heavy (non-hydrogen) atoms. The second-order valence-corrected chi connectivity index (χ2v) is 8.00. The molecule has 0 spiro atoms. The largest absolute Gasteiger partial charge is 0.490 e. The molecule has 3 aromatic rings. The number of para-hydroxylation sites is 1. The minimum atomic E-state index is -2.94. The number of hydrogen-bond acceptors (Lipinski definition) is 5. The first-order valence-corrected chi connectivity index (χ1v) is 11.1. The van der Waals surface area contributed by atoms with Crippen molar-refractivity contribution in [3.63, 3.8) is 0 Å². The molecule has 2 heterocycles. The fourth-order valence-corrected chi connectivity index (χ4v) is 4.10. The number of aromatic nitrogens is 1. The summed E-state index contributed by atoms with van der Waals surface area (Å²) >= 11 is 0. The Balaban J connectivity index is 1.61. The number of alkyl halides is 2. The van der Waals surface area contributed by atoms with Crippen LogP contribution < -0.4 is 14.4 Å². The molecule has 6 nitrogen and oxygen atoms in total. The highest BCUT2D eigenvalue weighted by Gasteiger charge is 2.24. The van der Waals surface area contributed by atoms with E-state index in [-0.39, 0.29) is 24.0 Å². The number of nitrogens with zero attached hydrogens (tertiary/aromatic N) is 3. The summed E-state index contributed by atoms with van der Waals surface area (Å²) in [5.41, 5.74) is 2.16. The number of hydrogen-bond donors (Lipinski definition) is 0. The van der Waals surface area contributed by atoms with Crippen LogP contribution in [0.5, 0.6) is 11.5 Å². The van der Waals surface area contributed by atoms with Crippen molar-refractivity contribution in [2.24, 2.45) is 0 Å². The minimum absolute atomic E-state index is 0.0281. The van der Waals surface area contributed by atoms with Gasteiger partial charge in [-0.2, -0.15) is 8.78 Å². The van der Waals surface area contributed by atoms with Gasteiger partial charge in [0.15, 0.2) is 11.5 Å². The maximum absolute atomic E-state index is 13.5. The fourth-order valence-electron chi connectivity index (χ4n) is 4.10. The van der Waals surface area contributed by atoms with Crippen LogP contribution in [0.3, 0.4) is 0 Å². The standard InChI is InChI=1S/C25H27F2N3O3/c1-3-32-22-14-17(10-11-21(22)33-25(26)27)16-29(2)24(31)19-15-18-8-4-5-9-20(18)28-23(19)30-12-6-7-13-30/h4-5,8-11,14-15,25H,3,6-7,12-13,16H2,1-2H3. The van der Waals surface area contributed by atoms with E-state index in [2.05, 4.69) is 9.64 Å². The molecule has 8 heteroatoms. The summed E-state index contributed by atoms with van der Waals surface area (Å²) in [5.74, 6) is 0.751. The van der Waals surface area contributed by atoms with Crippen LogP contribution in [-0.4, -0.2) is 49.1 Å². The van der Waals surface area contributed by atoms with E-state index in [1.54, 1.807) is 31.0 Å². The monoisotopic (exact) mass is 455 g/mol. The molecule has 1 amide bonds. The molecular weight excluding hydrogens is 428 g/mol. The quantitative estimate of drug-likeness (QED) is 0.473. The van der Waals surface area contributed by atoms with Crippen LogP contribution in [0.1, 0.15) is 35.7 Å². The Labute approximate surface area is 191 Å². The topological polar surface area (TPSA) is 54.9 Å². The van der Waals surface area contributed by atoms with E-state index in [1.807, 2.05) is 30.3 Å². The van der Waals surface area contributed by atoms with Crippen molar-refractivity contribution in [1.29, 1.82) is 0 Å². The van der Waals surface area contributed by atoms with Gasteiger partial charge in [0.1, 0.15) is 5.82 Å². The Kier molecular flexibility index (Phi) is 6.91. The maximum Gasteiger partial charge on any atom is 0.387 e. The van der Waals surface area contributed by atoms with E-state index < -0.39 is 6.61 Å². The van der Waals surface area contributed by atoms with E-state index in [1.165, 1.54) is 6.07 Å². The molecule has 0 radical (unpaired) electrons. The van der Waals surface area contributed by atoms with E-state index in [9.17, 15) is 13.6 Å². The Hall–Kier alpha value is -3.42. The first kappa shape index (κ1) is 22.8. The summed E-state index contributed by atoms with van der Waals surface area (Å²) in [5, 5.41) is 0.907. The van der Waals surface area contributed by atoms with Gasteiger partial charge in [-0.05, 0) is 49.6 Å². The van der Waals surface area contributed by atoms with Gasteiger partial charge in [0.25, 0.3) is 5.91 Å². The summed E-state index contributed by atoms with van der Waals surface area (Å²) in [7, 11) is 1.72. The number of carbonyl (C=O) groups excluding carboxylic acids is 1. The molecular formula is C25H27F2N3O3. The molecule has 1 aliphatic heterocycles. The Morgan fingerprint density at radius 1 is 1.12 bits per heavy atom. The molecule has 1 saturated heterocycles. The van der Waals surface area contributed by atoms with Crippen molar-refractivity contribution in [3.8, 4) is 11.5 Å². The molecule has 174 valence electrons. The van der Waals surface area contributed by atoms with E-state index in [0.29, 0.717) is 18.0 Å². The van der Waals surface area contributed by atoms with Gasteiger partial charge in [-0.25, -0.2) is 4.98 Å². The molecule has 2 aromatic carbocycles. The number of ether oxygens (including phenoxy) is 2. The summed E-state index contributed by atoms with van der Waals surface area (Å²) in [6.07, 6.45) is 2.15. The molecule has 0 unspecified atom stereocenters. The molecule has 0 atom stereocenters. The molecule has 1 fully saturated rings. The van der Waals surface area contributed by atoms with Crippen LogP contribution in [-0.2, 0) is 6.54 Å². The predicted molar refractivity (Wildman–Crippen MR) is 123 cm³/mol. The molecule has 1 aromatic heterocycles. The summed E-state index contributed by atoms with van der Waals surface area (Å²) < 4.78 is 35.4. The van der Waals surface area contributed by atoms with E-state index in [4.69, 9.17) is 9.72 Å². The van der Waals surface area contributed by atoms with Crippen molar-refractivity contribution in [2.45, 2.75) is 32.9 Å². The van der Waals surface area contributed by atoms with Crippen LogP contribution in [0.15, 0.2) is 48.5 Å². The van der Waals surface area contributed by atoms with Gasteiger partial charge in [-0.3, -0.25) is 4.79 Å². The van der Waals surface area contributed by atoms with Crippen molar-refractivity contribution in [1.82, 2.24) is 9.88 Å². The SMILES string of the molecule is CCOc1cc(CN(C)C(=O)c2cc3ccccc3nc2N2CCCC2)ccc1OC(F)F. The summed E-state index contributed by atoms with van der Waals surface area (Å²) in [4.78, 5) is 22.1. The molecule has 0 bridgehead atoms. The zero-order chi connectivity index (χ0) is 23.4. The highest BCUT2D eigenvalue weighted by Crippen LogP contribution is 2.31. The predicted octanol–water partition coefficient (Wildman–Crippen LogP) is 5.11. The van der Waals surface area contributed by atoms with Gasteiger partial charge in [0.05, 0.1) is 17.7 Å². The second-order valence-electron chi connectivity index (χ2n) is 8.00. The number of amides is 1. The maximum atomic E-state index is 13.5. The Morgan fingerprint density at radius 2 is 1.88 bits per heavy atom. The lowest BCUT2D eigenvalue weighted by atomic mass is 10.1. The third kappa shape index (κ3) is 5.16. The first-order chi connectivity index (χ1) is 16.0. The third-order valence-corrected chi connectivity index (χ3v) is 5.63. The van der Waals surface area contributed by atoms with Crippen molar-refractivity contribution >= 4 is 22.6 Å². The fraction of sp³-hybridized carbons (Fsp3) is 0.360. The van der Waals surface area contributed by atoms with E-state index in [0.717, 1.165) is 42.4 Å². The second kappa shape index (κ2) is 10.0. The summed E-state index contributed by atoms with van der Waals surface area (Å²) in [6.45, 7) is 1.15. The molecule has 1 aliphatic rings. The number of benzene rings is 2. The average molecular weight is 456 g/mol. The number of pyridine rings is 1. The van der Waals surface area contributed by atoms with Crippen LogP contribution >= 0.6 is 0 Å². The number of rotatable bonds is 8. The van der Waals surface area contributed by atoms with Crippen molar-refractivity contribution < 1.29 is 23.0 Å². The highest BCUT2D eigenvalue weighted by molar-refractivity contribution is 6.02. The molecule has 0 aliphatic carbocycles. The zero-order valence-electron chi connectivity index (χ0n) is 18.8. The minimum Gasteiger partial charge on any atom is -0.490 e. The van der Waals surface area contributed by atoms with Crippen molar-refractivity contribution in [3.05, 3.63) is 59.7 Å². The first-order valence-electron chi connectivity index (χ1n) is 11.1. The lowest BCUT2D eigenvalue weighted by Crippen LogP contribution is -2.30. The Morgan fingerprint density at radius 3 is 2.61 bits per heavy atom. The third-order valence-electron chi connectivity index (χ3n) is 5.63. The lowest BCUT2D eigenvalue weighted by Gasteiger charge is -2.24. The molecule has 0 N–H and O–H groups in total. The molecule has 4 rings (SSSR count). The number of halogens is 2. The number of carbonyl (C=O) groups is 1.